The molecule has 1 aliphatic rings. The number of fused-ring (bicyclic) bond motifs is 1. The van der Waals surface area contributed by atoms with E-state index in [1.54, 1.807) is 19.0 Å². The molecule has 148 valence electrons. The summed E-state index contributed by atoms with van der Waals surface area (Å²) in [6.45, 7) is 13.9. The Morgan fingerprint density at radius 2 is 2.00 bits per heavy atom. The van der Waals surface area contributed by atoms with Gasteiger partial charge in [0.15, 0.2) is 5.69 Å². The van der Waals surface area contributed by atoms with Gasteiger partial charge in [-0.1, -0.05) is 27.7 Å². The normalized spacial score (nSPS) is 17.0. The lowest BCUT2D eigenvalue weighted by Gasteiger charge is -2.26. The molecule has 0 saturated carbocycles. The molecule has 1 aromatic heterocycles. The van der Waals surface area contributed by atoms with E-state index < -0.39 is 0 Å². The van der Waals surface area contributed by atoms with Gasteiger partial charge in [0.25, 0.3) is 5.91 Å². The van der Waals surface area contributed by atoms with Crippen LogP contribution in [0.3, 0.4) is 0 Å². The van der Waals surface area contributed by atoms with Crippen molar-refractivity contribution in [3.05, 3.63) is 17.0 Å². The fraction of sp³-hybridized carbons (Fsp3) is 0.800. The maximum absolute atomic E-state index is 12.6. The van der Waals surface area contributed by atoms with Crippen LogP contribution in [0, 0.1) is 5.92 Å². The van der Waals surface area contributed by atoms with Crippen LogP contribution in [0.15, 0.2) is 0 Å². The van der Waals surface area contributed by atoms with E-state index in [0.717, 1.165) is 57.5 Å². The Bertz CT molecular complexity index is 589. The molecule has 1 aromatic rings. The lowest BCUT2D eigenvalue weighted by atomic mass is 9.91. The average Bonchev–Trinajstić information content (AvgIpc) is 2.95. The van der Waals surface area contributed by atoms with E-state index >= 15 is 0 Å². The molecule has 0 fully saturated rings. The number of carbonyl (C=O) groups is 1. The topological polar surface area (TPSA) is 53.4 Å². The first-order valence-electron chi connectivity index (χ1n) is 10.1. The molecule has 1 amide bonds. The molecule has 0 bridgehead atoms. The zero-order chi connectivity index (χ0) is 19.3. The van der Waals surface area contributed by atoms with Crippen LogP contribution < -0.4 is 5.32 Å². The van der Waals surface area contributed by atoms with Crippen LogP contribution in [0.5, 0.6) is 0 Å². The van der Waals surface area contributed by atoms with Crippen molar-refractivity contribution in [3.63, 3.8) is 0 Å². The van der Waals surface area contributed by atoms with Crippen molar-refractivity contribution in [1.29, 1.82) is 0 Å². The molecule has 0 unspecified atom stereocenters. The lowest BCUT2D eigenvalue weighted by Crippen LogP contribution is -2.40. The third-order valence-electron chi connectivity index (χ3n) is 5.25. The predicted molar refractivity (Wildman–Crippen MR) is 107 cm³/mol. The smallest absolute Gasteiger partial charge is 0.274 e. The van der Waals surface area contributed by atoms with E-state index in [0.29, 0.717) is 17.7 Å². The Hall–Kier alpha value is -1.40. The highest BCUT2D eigenvalue weighted by Crippen LogP contribution is 2.26. The summed E-state index contributed by atoms with van der Waals surface area (Å²) in [5, 5.41) is 8.42. The number of hydrogen-bond donors (Lipinski definition) is 1. The second-order valence-electron chi connectivity index (χ2n) is 7.97. The minimum absolute atomic E-state index is 0.0209. The van der Waals surface area contributed by atoms with Gasteiger partial charge in [-0.3, -0.25) is 9.48 Å². The number of carbonyl (C=O) groups excluding carboxylic acids is 1. The Morgan fingerprint density at radius 1 is 1.31 bits per heavy atom. The van der Waals surface area contributed by atoms with Crippen molar-refractivity contribution in [3.8, 4) is 0 Å². The van der Waals surface area contributed by atoms with Crippen molar-refractivity contribution in [2.24, 2.45) is 5.92 Å². The summed E-state index contributed by atoms with van der Waals surface area (Å²) in [7, 11) is 3.61. The van der Waals surface area contributed by atoms with E-state index in [9.17, 15) is 4.79 Å². The fourth-order valence-electron chi connectivity index (χ4n) is 3.71. The van der Waals surface area contributed by atoms with Gasteiger partial charge in [0.1, 0.15) is 0 Å². The number of rotatable bonds is 9. The molecule has 0 aliphatic heterocycles. The molecule has 6 nitrogen and oxygen atoms in total. The molecule has 0 radical (unpaired) electrons. The number of likely N-dealkylation sites (N-methyl/N-ethyl adjacent to an activating group) is 1. The maximum Gasteiger partial charge on any atom is 0.274 e. The predicted octanol–water partition coefficient (Wildman–Crippen LogP) is 2.03. The molecule has 26 heavy (non-hydrogen) atoms. The van der Waals surface area contributed by atoms with Gasteiger partial charge in [-0.15, -0.1) is 0 Å². The van der Waals surface area contributed by atoms with Gasteiger partial charge >= 0.3 is 0 Å². The number of hydrogen-bond acceptors (Lipinski definition) is 4. The molecule has 0 spiro atoms. The number of nitrogens with zero attached hydrogens (tertiary/aromatic N) is 4. The van der Waals surface area contributed by atoms with Gasteiger partial charge in [-0.05, 0) is 38.3 Å². The Labute approximate surface area is 158 Å². The lowest BCUT2D eigenvalue weighted by molar-refractivity contribution is 0.0819. The summed E-state index contributed by atoms with van der Waals surface area (Å²) in [4.78, 5) is 16.7. The Balaban J connectivity index is 2.11. The summed E-state index contributed by atoms with van der Waals surface area (Å²) < 4.78 is 2.09. The van der Waals surface area contributed by atoms with Crippen molar-refractivity contribution in [2.75, 3.05) is 40.3 Å². The van der Waals surface area contributed by atoms with Gasteiger partial charge in [-0.25, -0.2) is 0 Å². The third kappa shape index (κ3) is 5.07. The highest BCUT2D eigenvalue weighted by Gasteiger charge is 2.29. The zero-order valence-corrected chi connectivity index (χ0v) is 17.5. The fourth-order valence-corrected chi connectivity index (χ4v) is 3.71. The van der Waals surface area contributed by atoms with Gasteiger partial charge in [-0.2, -0.15) is 5.10 Å². The summed E-state index contributed by atoms with van der Waals surface area (Å²) in [5.74, 6) is 0.541. The van der Waals surface area contributed by atoms with Crippen molar-refractivity contribution in [2.45, 2.75) is 59.5 Å². The van der Waals surface area contributed by atoms with Crippen LogP contribution >= 0.6 is 0 Å². The number of amides is 1. The third-order valence-corrected chi connectivity index (χ3v) is 5.25. The van der Waals surface area contributed by atoms with Crippen LogP contribution in [-0.2, 0) is 19.4 Å². The quantitative estimate of drug-likeness (QED) is 0.729. The van der Waals surface area contributed by atoms with E-state index in [2.05, 4.69) is 42.6 Å². The standard InChI is InChI=1S/C20H37N5O/c1-7-24(8-2)12-11-21-16-9-10-18-17(13-16)19(20(26)23(5)6)22-25(18)14-15(3)4/h15-16,21H,7-14H2,1-6H3/t16-/m0/s1. The molecule has 1 atom stereocenters. The first-order chi connectivity index (χ1) is 12.4. The largest absolute Gasteiger partial charge is 0.343 e. The molecule has 0 aromatic carbocycles. The van der Waals surface area contributed by atoms with Gasteiger partial charge in [0.05, 0.1) is 0 Å². The van der Waals surface area contributed by atoms with Gasteiger partial charge < -0.3 is 15.1 Å². The highest BCUT2D eigenvalue weighted by molar-refractivity contribution is 5.93. The summed E-state index contributed by atoms with van der Waals surface area (Å²) in [6.07, 6.45) is 3.02. The molecule has 0 saturated heterocycles. The molecule has 1 aliphatic carbocycles. The molecule has 6 heteroatoms. The summed E-state index contributed by atoms with van der Waals surface area (Å²) in [5.41, 5.74) is 3.09. The summed E-state index contributed by atoms with van der Waals surface area (Å²) in [6, 6.07) is 0.434. The Kier molecular flexibility index (Phi) is 7.65. The molecule has 1 heterocycles. The Morgan fingerprint density at radius 3 is 2.58 bits per heavy atom. The van der Waals surface area contributed by atoms with Crippen LogP contribution in [-0.4, -0.2) is 71.8 Å². The number of nitrogens with one attached hydrogen (secondary N) is 1. The van der Waals surface area contributed by atoms with Gasteiger partial charge in [0.2, 0.25) is 0 Å². The van der Waals surface area contributed by atoms with Crippen LogP contribution in [0.4, 0.5) is 0 Å². The van der Waals surface area contributed by atoms with Crippen LogP contribution in [0.2, 0.25) is 0 Å². The van der Waals surface area contributed by atoms with Crippen molar-refractivity contribution in [1.82, 2.24) is 24.9 Å². The van der Waals surface area contributed by atoms with Crippen molar-refractivity contribution < 1.29 is 4.79 Å². The van der Waals surface area contributed by atoms with Gasteiger partial charge in [0, 0.05) is 51.0 Å². The zero-order valence-electron chi connectivity index (χ0n) is 17.5. The highest BCUT2D eigenvalue weighted by atomic mass is 16.2. The van der Waals surface area contributed by atoms with E-state index in [-0.39, 0.29) is 5.91 Å². The van der Waals surface area contributed by atoms with Crippen LogP contribution in [0.25, 0.3) is 0 Å². The maximum atomic E-state index is 12.6. The van der Waals surface area contributed by atoms with Crippen molar-refractivity contribution >= 4 is 5.91 Å². The first kappa shape index (κ1) is 20.9. The second-order valence-corrected chi connectivity index (χ2v) is 7.97. The minimum atomic E-state index is 0.0209. The molecular weight excluding hydrogens is 326 g/mol. The first-order valence-corrected chi connectivity index (χ1v) is 10.1. The minimum Gasteiger partial charge on any atom is -0.343 e. The SMILES string of the molecule is CCN(CC)CCN[C@H]1CCc2c(c(C(=O)N(C)C)nn2CC(C)C)C1. The molecular formula is C20H37N5O. The monoisotopic (exact) mass is 363 g/mol. The van der Waals surface area contributed by atoms with E-state index in [4.69, 9.17) is 5.10 Å². The summed E-state index contributed by atoms with van der Waals surface area (Å²) >= 11 is 0. The molecule has 2 rings (SSSR count). The number of aromatic nitrogens is 2. The van der Waals surface area contributed by atoms with E-state index in [1.807, 2.05) is 0 Å². The van der Waals surface area contributed by atoms with Crippen LogP contribution in [0.1, 0.15) is 55.9 Å². The van der Waals surface area contributed by atoms with E-state index in [1.165, 1.54) is 5.69 Å². The average molecular weight is 364 g/mol. The second kappa shape index (κ2) is 9.51. The molecule has 1 N–H and O–H groups in total.